The Labute approximate surface area is 123 Å². The van der Waals surface area contributed by atoms with Crippen molar-refractivity contribution in [3.05, 3.63) is 29.3 Å². The van der Waals surface area contributed by atoms with Gasteiger partial charge in [0.15, 0.2) is 0 Å². The van der Waals surface area contributed by atoms with Gasteiger partial charge in [-0.05, 0) is 68.8 Å². The molecule has 1 aromatic rings. The topological polar surface area (TPSA) is 12.5 Å². The fourth-order valence-corrected chi connectivity index (χ4v) is 3.83. The van der Waals surface area contributed by atoms with Gasteiger partial charge < -0.3 is 9.64 Å². The number of likely N-dealkylation sites (tertiary alicyclic amines) is 1. The van der Waals surface area contributed by atoms with Gasteiger partial charge in [-0.1, -0.05) is 25.5 Å². The van der Waals surface area contributed by atoms with Crippen molar-refractivity contribution in [1.29, 1.82) is 0 Å². The summed E-state index contributed by atoms with van der Waals surface area (Å²) < 4.78 is 6.12. The Morgan fingerprint density at radius 2 is 2.15 bits per heavy atom. The molecule has 20 heavy (non-hydrogen) atoms. The van der Waals surface area contributed by atoms with E-state index in [-0.39, 0.29) is 0 Å². The Balaban J connectivity index is 1.54. The van der Waals surface area contributed by atoms with E-state index in [4.69, 9.17) is 4.74 Å². The summed E-state index contributed by atoms with van der Waals surface area (Å²) in [6.45, 7) is 5.62. The first-order chi connectivity index (χ1) is 9.88. The maximum Gasteiger partial charge on any atom is 0.122 e. The lowest BCUT2D eigenvalue weighted by Gasteiger charge is -2.34. The predicted molar refractivity (Wildman–Crippen MR) is 83.5 cm³/mol. The first-order valence-electron chi connectivity index (χ1n) is 8.36. The first-order valence-corrected chi connectivity index (χ1v) is 8.36. The molecule has 1 aromatic carbocycles. The summed E-state index contributed by atoms with van der Waals surface area (Å²) >= 11 is 0. The number of hydrogen-bond acceptors (Lipinski definition) is 2. The molecule has 1 atom stereocenters. The fourth-order valence-electron chi connectivity index (χ4n) is 3.83. The minimum atomic E-state index is 0.741. The van der Waals surface area contributed by atoms with Crippen molar-refractivity contribution in [3.63, 3.8) is 0 Å². The SMILES string of the molecule is CCN1CCCCC1CCOc1cccc2c1CCC2. The molecule has 1 saturated heterocycles. The zero-order valence-electron chi connectivity index (χ0n) is 12.7. The third-order valence-electron chi connectivity index (χ3n) is 4.97. The lowest BCUT2D eigenvalue weighted by atomic mass is 10.00. The van der Waals surface area contributed by atoms with E-state index in [1.54, 1.807) is 0 Å². The van der Waals surface area contributed by atoms with Crippen LogP contribution in [-0.2, 0) is 12.8 Å². The molecule has 0 N–H and O–H groups in total. The molecular formula is C18H27NO. The average Bonchev–Trinajstić information content (AvgIpc) is 2.97. The Morgan fingerprint density at radius 1 is 1.20 bits per heavy atom. The van der Waals surface area contributed by atoms with Crippen LogP contribution in [0.25, 0.3) is 0 Å². The Kier molecular flexibility index (Phi) is 4.62. The molecule has 1 aliphatic heterocycles. The Bertz CT molecular complexity index is 443. The van der Waals surface area contributed by atoms with Crippen LogP contribution in [0.4, 0.5) is 0 Å². The van der Waals surface area contributed by atoms with Crippen molar-refractivity contribution in [1.82, 2.24) is 4.90 Å². The molecule has 110 valence electrons. The number of fused-ring (bicyclic) bond motifs is 1. The molecule has 0 radical (unpaired) electrons. The third kappa shape index (κ3) is 3.01. The number of aryl methyl sites for hydroxylation is 1. The van der Waals surface area contributed by atoms with Gasteiger partial charge in [0, 0.05) is 6.04 Å². The first kappa shape index (κ1) is 13.9. The zero-order chi connectivity index (χ0) is 13.8. The van der Waals surface area contributed by atoms with Crippen molar-refractivity contribution in [2.75, 3.05) is 19.7 Å². The van der Waals surface area contributed by atoms with Crippen LogP contribution in [0.1, 0.15) is 50.2 Å². The molecule has 1 heterocycles. The summed E-state index contributed by atoms with van der Waals surface area (Å²) in [6, 6.07) is 7.31. The van der Waals surface area contributed by atoms with Crippen molar-refractivity contribution in [2.45, 2.75) is 57.9 Å². The zero-order valence-corrected chi connectivity index (χ0v) is 12.7. The number of benzene rings is 1. The van der Waals surface area contributed by atoms with E-state index in [1.807, 2.05) is 0 Å². The number of nitrogens with zero attached hydrogens (tertiary/aromatic N) is 1. The van der Waals surface area contributed by atoms with Gasteiger partial charge in [-0.3, -0.25) is 0 Å². The van der Waals surface area contributed by atoms with Gasteiger partial charge in [0.25, 0.3) is 0 Å². The van der Waals surface area contributed by atoms with Crippen LogP contribution < -0.4 is 4.74 Å². The molecule has 2 heteroatoms. The minimum Gasteiger partial charge on any atom is -0.493 e. The molecule has 2 aliphatic rings. The molecular weight excluding hydrogens is 246 g/mol. The molecule has 1 aliphatic carbocycles. The highest BCUT2D eigenvalue weighted by molar-refractivity contribution is 5.42. The lowest BCUT2D eigenvalue weighted by Crippen LogP contribution is -2.40. The summed E-state index contributed by atoms with van der Waals surface area (Å²) in [6.07, 6.45) is 9.03. The second kappa shape index (κ2) is 6.62. The van der Waals surface area contributed by atoms with Gasteiger partial charge in [0.2, 0.25) is 0 Å². The molecule has 0 bridgehead atoms. The summed E-state index contributed by atoms with van der Waals surface area (Å²) in [5.74, 6) is 1.15. The Morgan fingerprint density at radius 3 is 3.05 bits per heavy atom. The van der Waals surface area contributed by atoms with E-state index in [9.17, 15) is 0 Å². The summed E-state index contributed by atoms with van der Waals surface area (Å²) in [5, 5.41) is 0. The van der Waals surface area contributed by atoms with Gasteiger partial charge in [-0.2, -0.15) is 0 Å². The number of piperidine rings is 1. The number of hydrogen-bond donors (Lipinski definition) is 0. The van der Waals surface area contributed by atoms with Gasteiger partial charge in [-0.25, -0.2) is 0 Å². The highest BCUT2D eigenvalue weighted by Gasteiger charge is 2.21. The smallest absolute Gasteiger partial charge is 0.122 e. The quantitative estimate of drug-likeness (QED) is 0.808. The van der Waals surface area contributed by atoms with Gasteiger partial charge in [0.1, 0.15) is 5.75 Å². The van der Waals surface area contributed by atoms with Crippen LogP contribution in [0.3, 0.4) is 0 Å². The van der Waals surface area contributed by atoms with Crippen LogP contribution >= 0.6 is 0 Å². The number of ether oxygens (including phenoxy) is 1. The van der Waals surface area contributed by atoms with Crippen LogP contribution in [0.15, 0.2) is 18.2 Å². The highest BCUT2D eigenvalue weighted by Crippen LogP contribution is 2.30. The Hall–Kier alpha value is -1.02. The molecule has 0 spiro atoms. The van der Waals surface area contributed by atoms with Crippen molar-refractivity contribution in [2.24, 2.45) is 0 Å². The standard InChI is InChI=1S/C18H27NO/c1-2-19-13-4-3-9-16(19)12-14-20-18-11-6-8-15-7-5-10-17(15)18/h6,8,11,16H,2-5,7,9-10,12-14H2,1H3. The van der Waals surface area contributed by atoms with E-state index in [2.05, 4.69) is 30.0 Å². The van der Waals surface area contributed by atoms with E-state index >= 15 is 0 Å². The maximum atomic E-state index is 6.12. The molecule has 1 unspecified atom stereocenters. The monoisotopic (exact) mass is 273 g/mol. The van der Waals surface area contributed by atoms with E-state index in [1.165, 1.54) is 69.2 Å². The summed E-state index contributed by atoms with van der Waals surface area (Å²) in [5.41, 5.74) is 2.99. The van der Waals surface area contributed by atoms with Crippen molar-refractivity contribution >= 4 is 0 Å². The van der Waals surface area contributed by atoms with Gasteiger partial charge in [-0.15, -0.1) is 0 Å². The fraction of sp³-hybridized carbons (Fsp3) is 0.667. The van der Waals surface area contributed by atoms with E-state index < -0.39 is 0 Å². The van der Waals surface area contributed by atoms with Gasteiger partial charge in [0.05, 0.1) is 6.61 Å². The third-order valence-corrected chi connectivity index (χ3v) is 4.97. The van der Waals surface area contributed by atoms with Crippen LogP contribution in [0.2, 0.25) is 0 Å². The predicted octanol–water partition coefficient (Wildman–Crippen LogP) is 3.82. The van der Waals surface area contributed by atoms with Crippen molar-refractivity contribution < 1.29 is 4.74 Å². The maximum absolute atomic E-state index is 6.12. The van der Waals surface area contributed by atoms with Crippen LogP contribution in [0.5, 0.6) is 5.75 Å². The average molecular weight is 273 g/mol. The van der Waals surface area contributed by atoms with Crippen LogP contribution in [-0.4, -0.2) is 30.6 Å². The lowest BCUT2D eigenvalue weighted by molar-refractivity contribution is 0.130. The normalized spacial score (nSPS) is 22.8. The van der Waals surface area contributed by atoms with Crippen LogP contribution in [0, 0.1) is 0 Å². The second-order valence-electron chi connectivity index (χ2n) is 6.16. The minimum absolute atomic E-state index is 0.741. The van der Waals surface area contributed by atoms with Gasteiger partial charge >= 0.3 is 0 Å². The number of rotatable bonds is 5. The molecule has 2 nitrogen and oxygen atoms in total. The summed E-state index contributed by atoms with van der Waals surface area (Å²) in [4.78, 5) is 2.63. The molecule has 0 amide bonds. The molecule has 1 fully saturated rings. The van der Waals surface area contributed by atoms with E-state index in [0.717, 1.165) is 18.4 Å². The molecule has 3 rings (SSSR count). The second-order valence-corrected chi connectivity index (χ2v) is 6.16. The van der Waals surface area contributed by atoms with E-state index in [0.29, 0.717) is 0 Å². The molecule has 0 aromatic heterocycles. The molecule has 0 saturated carbocycles. The highest BCUT2D eigenvalue weighted by atomic mass is 16.5. The summed E-state index contributed by atoms with van der Waals surface area (Å²) in [7, 11) is 0. The largest absolute Gasteiger partial charge is 0.493 e. The van der Waals surface area contributed by atoms with Crippen molar-refractivity contribution in [3.8, 4) is 5.75 Å².